The third-order valence-corrected chi connectivity index (χ3v) is 5.14. The molecule has 1 amide bonds. The lowest BCUT2D eigenvalue weighted by Crippen LogP contribution is -2.52. The molecule has 1 N–H and O–H groups in total. The quantitative estimate of drug-likeness (QED) is 0.864. The molecule has 2 heterocycles. The number of nitrogens with one attached hydrogen (secondary N) is 1. The molecule has 0 unspecified atom stereocenters. The molecule has 1 atom stereocenters. The summed E-state index contributed by atoms with van der Waals surface area (Å²) < 4.78 is 0. The Morgan fingerprint density at radius 3 is 3.00 bits per heavy atom. The SMILES string of the molecule is C[C@H]1CNCCN1C(=O)c1csc2c1CCCC2.Cl. The molecule has 1 aliphatic carbocycles. The number of rotatable bonds is 1. The van der Waals surface area contributed by atoms with E-state index in [-0.39, 0.29) is 18.3 Å². The van der Waals surface area contributed by atoms with Gasteiger partial charge < -0.3 is 10.2 Å². The van der Waals surface area contributed by atoms with Crippen molar-refractivity contribution in [2.24, 2.45) is 0 Å². The van der Waals surface area contributed by atoms with E-state index in [0.29, 0.717) is 6.04 Å². The number of nitrogens with zero attached hydrogens (tertiary/aromatic N) is 1. The molecule has 1 saturated heterocycles. The smallest absolute Gasteiger partial charge is 0.255 e. The van der Waals surface area contributed by atoms with Crippen LogP contribution in [0.3, 0.4) is 0 Å². The molecule has 0 saturated carbocycles. The number of carbonyl (C=O) groups is 1. The highest BCUT2D eigenvalue weighted by molar-refractivity contribution is 7.10. The van der Waals surface area contributed by atoms with Crippen LogP contribution >= 0.6 is 23.7 Å². The fourth-order valence-corrected chi connectivity index (χ4v) is 4.09. The zero-order valence-electron chi connectivity index (χ0n) is 11.3. The van der Waals surface area contributed by atoms with E-state index in [1.807, 2.05) is 4.90 Å². The predicted molar refractivity (Wildman–Crippen MR) is 81.6 cm³/mol. The van der Waals surface area contributed by atoms with E-state index in [4.69, 9.17) is 0 Å². The van der Waals surface area contributed by atoms with E-state index in [9.17, 15) is 4.79 Å². The van der Waals surface area contributed by atoms with Crippen molar-refractivity contribution in [3.8, 4) is 0 Å². The number of thiophene rings is 1. The maximum Gasteiger partial charge on any atom is 0.255 e. The van der Waals surface area contributed by atoms with E-state index in [1.54, 1.807) is 11.3 Å². The number of halogens is 1. The van der Waals surface area contributed by atoms with Crippen LogP contribution in [0.4, 0.5) is 0 Å². The summed E-state index contributed by atoms with van der Waals surface area (Å²) in [6.07, 6.45) is 4.79. The molecular weight excluding hydrogens is 280 g/mol. The highest BCUT2D eigenvalue weighted by atomic mass is 35.5. The Balaban J connectivity index is 0.00000133. The van der Waals surface area contributed by atoms with Crippen molar-refractivity contribution in [3.05, 3.63) is 21.4 Å². The standard InChI is InChI=1S/C14H20N2OS.ClH/c1-10-8-15-6-7-16(10)14(17)12-9-18-13-5-3-2-4-11(12)13;/h9-10,15H,2-8H2,1H3;1H/t10-;/m0./s1. The van der Waals surface area contributed by atoms with Crippen molar-refractivity contribution in [1.29, 1.82) is 0 Å². The van der Waals surface area contributed by atoms with Gasteiger partial charge in [-0.2, -0.15) is 0 Å². The van der Waals surface area contributed by atoms with Gasteiger partial charge in [0.25, 0.3) is 5.91 Å². The first kappa shape index (κ1) is 14.8. The van der Waals surface area contributed by atoms with Crippen LogP contribution in [0.15, 0.2) is 5.38 Å². The highest BCUT2D eigenvalue weighted by Gasteiger charge is 2.28. The van der Waals surface area contributed by atoms with Crippen LogP contribution in [0.5, 0.6) is 0 Å². The Morgan fingerprint density at radius 2 is 2.21 bits per heavy atom. The third-order valence-electron chi connectivity index (χ3n) is 4.05. The maximum atomic E-state index is 12.6. The van der Waals surface area contributed by atoms with Crippen molar-refractivity contribution in [2.75, 3.05) is 19.6 Å². The zero-order chi connectivity index (χ0) is 12.5. The molecule has 19 heavy (non-hydrogen) atoms. The summed E-state index contributed by atoms with van der Waals surface area (Å²) in [6.45, 7) is 4.80. The van der Waals surface area contributed by atoms with E-state index in [0.717, 1.165) is 31.6 Å². The molecule has 1 fully saturated rings. The molecule has 1 aliphatic heterocycles. The minimum atomic E-state index is 0. The lowest BCUT2D eigenvalue weighted by molar-refractivity contribution is 0.0655. The van der Waals surface area contributed by atoms with Crippen LogP contribution in [0.1, 0.15) is 40.6 Å². The fraction of sp³-hybridized carbons (Fsp3) is 0.643. The van der Waals surface area contributed by atoms with E-state index < -0.39 is 0 Å². The Labute approximate surface area is 124 Å². The van der Waals surface area contributed by atoms with Crippen molar-refractivity contribution >= 4 is 29.7 Å². The van der Waals surface area contributed by atoms with Gasteiger partial charge in [0, 0.05) is 35.9 Å². The summed E-state index contributed by atoms with van der Waals surface area (Å²) in [4.78, 5) is 16.1. The second kappa shape index (κ2) is 6.25. The molecule has 0 bridgehead atoms. The molecule has 3 rings (SSSR count). The minimum Gasteiger partial charge on any atom is -0.333 e. The van der Waals surface area contributed by atoms with E-state index in [1.165, 1.54) is 29.7 Å². The molecule has 2 aliphatic rings. The lowest BCUT2D eigenvalue weighted by Gasteiger charge is -2.34. The van der Waals surface area contributed by atoms with Crippen molar-refractivity contribution in [1.82, 2.24) is 10.2 Å². The zero-order valence-corrected chi connectivity index (χ0v) is 12.9. The van der Waals surface area contributed by atoms with Gasteiger partial charge in [-0.15, -0.1) is 23.7 Å². The number of fused-ring (bicyclic) bond motifs is 1. The second-order valence-corrected chi connectivity index (χ2v) is 6.27. The Bertz CT molecular complexity index is 460. The van der Waals surface area contributed by atoms with Crippen LogP contribution in [-0.2, 0) is 12.8 Å². The highest BCUT2D eigenvalue weighted by Crippen LogP contribution is 2.31. The summed E-state index contributed by atoms with van der Waals surface area (Å²) in [5.41, 5.74) is 2.34. The first-order chi connectivity index (χ1) is 8.77. The van der Waals surface area contributed by atoms with Crippen LogP contribution in [0.2, 0.25) is 0 Å². The van der Waals surface area contributed by atoms with Crippen molar-refractivity contribution in [3.63, 3.8) is 0 Å². The molecule has 106 valence electrons. The summed E-state index contributed by atoms with van der Waals surface area (Å²) in [5.74, 6) is 0.253. The minimum absolute atomic E-state index is 0. The van der Waals surface area contributed by atoms with Gasteiger partial charge in [0.05, 0.1) is 5.56 Å². The largest absolute Gasteiger partial charge is 0.333 e. The molecular formula is C14H21ClN2OS. The van der Waals surface area contributed by atoms with Gasteiger partial charge in [-0.25, -0.2) is 0 Å². The van der Waals surface area contributed by atoms with Gasteiger partial charge in [-0.1, -0.05) is 0 Å². The average Bonchev–Trinajstić information content (AvgIpc) is 2.82. The van der Waals surface area contributed by atoms with Gasteiger partial charge in [0.15, 0.2) is 0 Å². The van der Waals surface area contributed by atoms with Crippen LogP contribution in [0, 0.1) is 0 Å². The molecule has 0 radical (unpaired) electrons. The summed E-state index contributed by atoms with van der Waals surface area (Å²) >= 11 is 1.78. The van der Waals surface area contributed by atoms with Gasteiger partial charge in [-0.3, -0.25) is 4.79 Å². The van der Waals surface area contributed by atoms with Crippen molar-refractivity contribution < 1.29 is 4.79 Å². The van der Waals surface area contributed by atoms with E-state index >= 15 is 0 Å². The van der Waals surface area contributed by atoms with Crippen LogP contribution < -0.4 is 5.32 Å². The van der Waals surface area contributed by atoms with E-state index in [2.05, 4.69) is 17.6 Å². The Morgan fingerprint density at radius 1 is 1.42 bits per heavy atom. The Kier molecular flexibility index (Phi) is 4.87. The van der Waals surface area contributed by atoms with Crippen LogP contribution in [-0.4, -0.2) is 36.5 Å². The van der Waals surface area contributed by atoms with Gasteiger partial charge in [0.2, 0.25) is 0 Å². The monoisotopic (exact) mass is 300 g/mol. The summed E-state index contributed by atoms with van der Waals surface area (Å²) in [6, 6.07) is 0.311. The molecule has 3 nitrogen and oxygen atoms in total. The van der Waals surface area contributed by atoms with Gasteiger partial charge in [0.1, 0.15) is 0 Å². The third kappa shape index (κ3) is 2.81. The summed E-state index contributed by atoms with van der Waals surface area (Å²) in [7, 11) is 0. The average molecular weight is 301 g/mol. The van der Waals surface area contributed by atoms with Crippen LogP contribution in [0.25, 0.3) is 0 Å². The number of aryl methyl sites for hydroxylation is 1. The fourth-order valence-electron chi connectivity index (χ4n) is 2.97. The number of hydrogen-bond acceptors (Lipinski definition) is 3. The summed E-state index contributed by atoms with van der Waals surface area (Å²) in [5, 5.41) is 5.43. The number of hydrogen-bond donors (Lipinski definition) is 1. The molecule has 0 spiro atoms. The molecule has 1 aromatic rings. The topological polar surface area (TPSA) is 32.3 Å². The molecule has 0 aromatic carbocycles. The normalized spacial score (nSPS) is 22.6. The van der Waals surface area contributed by atoms with Gasteiger partial charge >= 0.3 is 0 Å². The predicted octanol–water partition coefficient (Wildman–Crippen LogP) is 2.48. The molecule has 1 aromatic heterocycles. The maximum absolute atomic E-state index is 12.6. The van der Waals surface area contributed by atoms with Crippen molar-refractivity contribution in [2.45, 2.75) is 38.6 Å². The molecule has 5 heteroatoms. The number of carbonyl (C=O) groups excluding carboxylic acids is 1. The first-order valence-electron chi connectivity index (χ1n) is 6.88. The first-order valence-corrected chi connectivity index (χ1v) is 7.76. The second-order valence-electron chi connectivity index (χ2n) is 5.31. The lowest BCUT2D eigenvalue weighted by atomic mass is 9.95. The Hall–Kier alpha value is -0.580. The van der Waals surface area contributed by atoms with Gasteiger partial charge in [-0.05, 0) is 38.2 Å². The number of amides is 1. The number of piperazine rings is 1.